The van der Waals surface area contributed by atoms with Gasteiger partial charge in [0.1, 0.15) is 0 Å². The van der Waals surface area contributed by atoms with Crippen molar-refractivity contribution in [3.8, 4) is 0 Å². The molecule has 0 aromatic heterocycles. The van der Waals surface area contributed by atoms with Gasteiger partial charge in [-0.25, -0.2) is 0 Å². The first-order valence-electron chi connectivity index (χ1n) is 5.03. The van der Waals surface area contributed by atoms with Crippen LogP contribution in [0.15, 0.2) is 0 Å². The molecule has 1 atom stereocenters. The van der Waals surface area contributed by atoms with Gasteiger partial charge < -0.3 is 0 Å². The van der Waals surface area contributed by atoms with Crippen LogP contribution in [0.25, 0.3) is 0 Å². The van der Waals surface area contributed by atoms with Crippen molar-refractivity contribution in [2.24, 2.45) is 0 Å². The van der Waals surface area contributed by atoms with Gasteiger partial charge in [-0.2, -0.15) is 0 Å². The summed E-state index contributed by atoms with van der Waals surface area (Å²) in [5.41, 5.74) is 0. The second kappa shape index (κ2) is 4.55. The van der Waals surface area contributed by atoms with Crippen molar-refractivity contribution in [2.45, 2.75) is 70.3 Å². The minimum Gasteiger partial charge on any atom is -0.150 e. The van der Waals surface area contributed by atoms with Gasteiger partial charge in [0.05, 0.1) is 0 Å². The van der Waals surface area contributed by atoms with Crippen molar-refractivity contribution in [3.05, 3.63) is 0 Å². The molecule has 0 heterocycles. The van der Waals surface area contributed by atoms with E-state index in [-0.39, 0.29) is 0 Å². The van der Waals surface area contributed by atoms with Crippen LogP contribution in [0.2, 0.25) is 0 Å². The lowest BCUT2D eigenvalue weighted by Crippen LogP contribution is -2.25. The molecular formula is C11H24S. The van der Waals surface area contributed by atoms with Gasteiger partial charge >= 0.3 is 0 Å². The molecule has 0 nitrogen and oxygen atoms in total. The molecule has 0 aromatic rings. The van der Waals surface area contributed by atoms with Crippen molar-refractivity contribution >= 4 is 11.8 Å². The summed E-state index contributed by atoms with van der Waals surface area (Å²) in [5, 5.41) is 0. The van der Waals surface area contributed by atoms with E-state index < -0.39 is 0 Å². The zero-order chi connectivity index (χ0) is 9.83. The van der Waals surface area contributed by atoms with Crippen LogP contribution in [0.4, 0.5) is 0 Å². The third kappa shape index (κ3) is 5.08. The van der Waals surface area contributed by atoms with E-state index in [0.29, 0.717) is 9.49 Å². The monoisotopic (exact) mass is 188 g/mol. The summed E-state index contributed by atoms with van der Waals surface area (Å²) in [7, 11) is 0. The maximum Gasteiger partial charge on any atom is 0.0134 e. The predicted molar refractivity (Wildman–Crippen MR) is 60.9 cm³/mol. The lowest BCUT2D eigenvalue weighted by Gasteiger charge is -2.34. The largest absolute Gasteiger partial charge is 0.150 e. The van der Waals surface area contributed by atoms with Crippen molar-refractivity contribution in [3.63, 3.8) is 0 Å². The molecule has 0 rings (SSSR count). The van der Waals surface area contributed by atoms with E-state index in [4.69, 9.17) is 0 Å². The summed E-state index contributed by atoms with van der Waals surface area (Å²) < 4.78 is 0.896. The molecule has 0 fully saturated rings. The Hall–Kier alpha value is 0.350. The molecule has 0 spiro atoms. The second-order valence-electron chi connectivity index (χ2n) is 4.77. The van der Waals surface area contributed by atoms with Crippen LogP contribution in [0.3, 0.4) is 0 Å². The smallest absolute Gasteiger partial charge is 0.0134 e. The fourth-order valence-corrected chi connectivity index (χ4v) is 3.50. The number of rotatable bonds is 4. The Balaban J connectivity index is 4.14. The van der Waals surface area contributed by atoms with E-state index in [1.165, 1.54) is 19.3 Å². The summed E-state index contributed by atoms with van der Waals surface area (Å²) in [5.74, 6) is 0. The van der Waals surface area contributed by atoms with E-state index in [2.05, 4.69) is 53.3 Å². The van der Waals surface area contributed by atoms with Crippen molar-refractivity contribution in [1.82, 2.24) is 0 Å². The average Bonchev–Trinajstić information content (AvgIpc) is 1.84. The normalized spacial score (nSPS) is 17.5. The maximum absolute atomic E-state index is 2.40. The van der Waals surface area contributed by atoms with Gasteiger partial charge in [-0.1, -0.05) is 48.0 Å². The highest BCUT2D eigenvalue weighted by Crippen LogP contribution is 2.41. The van der Waals surface area contributed by atoms with Crippen LogP contribution in [0.1, 0.15) is 60.8 Å². The highest BCUT2D eigenvalue weighted by Gasteiger charge is 2.27. The topological polar surface area (TPSA) is 0 Å². The third-order valence-electron chi connectivity index (χ3n) is 2.08. The summed E-state index contributed by atoms with van der Waals surface area (Å²) in [6.07, 6.45) is 3.92. The van der Waals surface area contributed by atoms with E-state index in [0.717, 1.165) is 0 Å². The van der Waals surface area contributed by atoms with Gasteiger partial charge in [0.2, 0.25) is 0 Å². The lowest BCUT2D eigenvalue weighted by molar-refractivity contribution is 0.551. The summed E-state index contributed by atoms with van der Waals surface area (Å²) in [4.78, 5) is 0. The number of thioether (sulfide) groups is 1. The first-order valence-corrected chi connectivity index (χ1v) is 5.85. The summed E-state index contributed by atoms with van der Waals surface area (Å²) in [6.45, 7) is 13.9. The van der Waals surface area contributed by atoms with Gasteiger partial charge in [-0.05, 0) is 12.8 Å². The highest BCUT2D eigenvalue weighted by atomic mass is 32.2. The van der Waals surface area contributed by atoms with Crippen LogP contribution in [-0.4, -0.2) is 9.49 Å². The Bertz CT molecular complexity index is 123. The number of hydrogen-bond donors (Lipinski definition) is 0. The van der Waals surface area contributed by atoms with Crippen LogP contribution >= 0.6 is 11.8 Å². The molecule has 0 bridgehead atoms. The summed E-state index contributed by atoms with van der Waals surface area (Å²) >= 11 is 2.13. The third-order valence-corrected chi connectivity index (χ3v) is 3.68. The molecule has 12 heavy (non-hydrogen) atoms. The second-order valence-corrected chi connectivity index (χ2v) is 7.18. The highest BCUT2D eigenvalue weighted by molar-refractivity contribution is 8.01. The van der Waals surface area contributed by atoms with E-state index in [1.807, 2.05) is 0 Å². The summed E-state index contributed by atoms with van der Waals surface area (Å²) in [6, 6.07) is 0. The van der Waals surface area contributed by atoms with Crippen molar-refractivity contribution in [1.29, 1.82) is 0 Å². The quantitative estimate of drug-likeness (QED) is 0.626. The van der Waals surface area contributed by atoms with Crippen LogP contribution in [0, 0.1) is 0 Å². The van der Waals surface area contributed by atoms with Crippen LogP contribution in [0.5, 0.6) is 0 Å². The average molecular weight is 188 g/mol. The molecule has 0 saturated heterocycles. The lowest BCUT2D eigenvalue weighted by atomic mass is 10.0. The zero-order valence-corrected chi connectivity index (χ0v) is 10.3. The Kier molecular flexibility index (Phi) is 4.68. The zero-order valence-electron chi connectivity index (χ0n) is 9.53. The fourth-order valence-electron chi connectivity index (χ4n) is 1.57. The standard InChI is InChI=1S/C11H24S/c1-7-9-11(6,8-2)12-10(3,4)5/h7-9H2,1-6H3. The molecular weight excluding hydrogens is 164 g/mol. The van der Waals surface area contributed by atoms with E-state index >= 15 is 0 Å². The molecule has 0 aliphatic rings. The van der Waals surface area contributed by atoms with E-state index in [9.17, 15) is 0 Å². The van der Waals surface area contributed by atoms with Crippen molar-refractivity contribution in [2.75, 3.05) is 0 Å². The SMILES string of the molecule is CCCC(C)(CC)SC(C)(C)C. The molecule has 0 aliphatic heterocycles. The maximum atomic E-state index is 2.40. The fraction of sp³-hybridized carbons (Fsp3) is 1.00. The minimum absolute atomic E-state index is 0.403. The first kappa shape index (κ1) is 12.3. The number of hydrogen-bond acceptors (Lipinski definition) is 1. The molecule has 0 radical (unpaired) electrons. The van der Waals surface area contributed by atoms with Crippen LogP contribution < -0.4 is 0 Å². The molecule has 0 saturated carbocycles. The van der Waals surface area contributed by atoms with Gasteiger partial charge in [-0.3, -0.25) is 0 Å². The van der Waals surface area contributed by atoms with Gasteiger partial charge in [0.25, 0.3) is 0 Å². The molecule has 1 heteroatoms. The Morgan fingerprint density at radius 1 is 1.00 bits per heavy atom. The molecule has 0 aromatic carbocycles. The molecule has 74 valence electrons. The van der Waals surface area contributed by atoms with Gasteiger partial charge in [0, 0.05) is 9.49 Å². The van der Waals surface area contributed by atoms with Crippen LogP contribution in [-0.2, 0) is 0 Å². The molecule has 0 aliphatic carbocycles. The Morgan fingerprint density at radius 3 is 1.75 bits per heavy atom. The molecule has 0 N–H and O–H groups in total. The Labute approximate surface area is 82.5 Å². The molecule has 1 unspecified atom stereocenters. The predicted octanol–water partition coefficient (Wildman–Crippen LogP) is 4.49. The van der Waals surface area contributed by atoms with E-state index in [1.54, 1.807) is 0 Å². The first-order chi connectivity index (χ1) is 5.33. The van der Waals surface area contributed by atoms with Crippen molar-refractivity contribution < 1.29 is 0 Å². The van der Waals surface area contributed by atoms with Gasteiger partial charge in [0.15, 0.2) is 0 Å². The van der Waals surface area contributed by atoms with Gasteiger partial charge in [-0.15, -0.1) is 11.8 Å². The minimum atomic E-state index is 0.403. The molecule has 0 amide bonds. The Morgan fingerprint density at radius 2 is 1.50 bits per heavy atom.